The van der Waals surface area contributed by atoms with Crippen molar-refractivity contribution in [1.82, 2.24) is 14.9 Å². The average molecular weight is 574 g/mol. The second-order valence-electron chi connectivity index (χ2n) is 11.6. The molecule has 2 fully saturated rings. The SMILES string of the molecule is C=CC(=O)Nc1cc(-c2c(-c3ccc(N4CCN(C)CC4)cc3)[nH]c3ncc(/C(C=NC4CC4)=C/N)c(C)c23)ccc1C. The molecular weight excluding hydrogens is 534 g/mol. The van der Waals surface area contributed by atoms with Crippen molar-refractivity contribution in [3.8, 4) is 22.4 Å². The molecule has 3 heterocycles. The van der Waals surface area contributed by atoms with Crippen LogP contribution in [0.25, 0.3) is 39.0 Å². The molecule has 8 heteroatoms. The van der Waals surface area contributed by atoms with Gasteiger partial charge in [-0.3, -0.25) is 9.79 Å². The minimum absolute atomic E-state index is 0.244. The number of aromatic nitrogens is 2. The van der Waals surface area contributed by atoms with Gasteiger partial charge in [0.1, 0.15) is 5.65 Å². The van der Waals surface area contributed by atoms with Gasteiger partial charge in [0.15, 0.2) is 0 Å². The summed E-state index contributed by atoms with van der Waals surface area (Å²) >= 11 is 0. The van der Waals surface area contributed by atoms with E-state index in [4.69, 9.17) is 10.7 Å². The lowest BCUT2D eigenvalue weighted by atomic mass is 9.93. The van der Waals surface area contributed by atoms with Crippen molar-refractivity contribution in [2.24, 2.45) is 10.7 Å². The minimum atomic E-state index is -0.244. The maximum absolute atomic E-state index is 12.3. The van der Waals surface area contributed by atoms with Gasteiger partial charge in [-0.15, -0.1) is 0 Å². The maximum atomic E-state index is 12.3. The molecule has 0 radical (unpaired) electrons. The van der Waals surface area contributed by atoms with Crippen molar-refractivity contribution in [3.63, 3.8) is 0 Å². The smallest absolute Gasteiger partial charge is 0.247 e. The van der Waals surface area contributed by atoms with E-state index in [1.54, 1.807) is 6.20 Å². The van der Waals surface area contributed by atoms with Crippen molar-refractivity contribution < 1.29 is 4.79 Å². The first-order valence-electron chi connectivity index (χ1n) is 14.9. The van der Waals surface area contributed by atoms with Crippen LogP contribution in [-0.4, -0.2) is 66.3 Å². The lowest BCUT2D eigenvalue weighted by Crippen LogP contribution is -2.44. The van der Waals surface area contributed by atoms with Crippen LogP contribution in [0.15, 0.2) is 72.5 Å². The van der Waals surface area contributed by atoms with E-state index < -0.39 is 0 Å². The Morgan fingerprint density at radius 1 is 1.09 bits per heavy atom. The Balaban J connectivity index is 1.50. The number of pyridine rings is 1. The molecule has 0 unspecified atom stereocenters. The van der Waals surface area contributed by atoms with Crippen LogP contribution in [-0.2, 0) is 4.79 Å². The molecule has 6 rings (SSSR count). The molecule has 4 aromatic rings. The monoisotopic (exact) mass is 573 g/mol. The van der Waals surface area contributed by atoms with E-state index >= 15 is 0 Å². The number of carbonyl (C=O) groups is 1. The van der Waals surface area contributed by atoms with E-state index in [-0.39, 0.29) is 5.91 Å². The minimum Gasteiger partial charge on any atom is -0.404 e. The first-order chi connectivity index (χ1) is 20.9. The summed E-state index contributed by atoms with van der Waals surface area (Å²) in [4.78, 5) is 30.2. The molecule has 2 aromatic carbocycles. The molecule has 43 heavy (non-hydrogen) atoms. The normalized spacial score (nSPS) is 16.3. The molecule has 0 atom stereocenters. The Hall–Kier alpha value is -4.69. The van der Waals surface area contributed by atoms with Gasteiger partial charge >= 0.3 is 0 Å². The third-order valence-corrected chi connectivity index (χ3v) is 8.54. The van der Waals surface area contributed by atoms with Crippen LogP contribution in [0.2, 0.25) is 0 Å². The Bertz CT molecular complexity index is 1740. The van der Waals surface area contributed by atoms with Crippen molar-refractivity contribution >= 4 is 40.1 Å². The molecule has 0 spiro atoms. The number of piperazine rings is 1. The second kappa shape index (κ2) is 11.9. The number of amides is 1. The van der Waals surface area contributed by atoms with Gasteiger partial charge in [0.05, 0.1) is 11.7 Å². The number of aliphatic imine (C=N–C) groups is 1. The Kier molecular flexibility index (Phi) is 7.86. The molecule has 1 saturated heterocycles. The summed E-state index contributed by atoms with van der Waals surface area (Å²) in [6.45, 7) is 11.9. The van der Waals surface area contributed by atoms with Crippen molar-refractivity contribution in [3.05, 3.63) is 84.2 Å². The molecule has 2 aromatic heterocycles. The second-order valence-corrected chi connectivity index (χ2v) is 11.6. The highest BCUT2D eigenvalue weighted by molar-refractivity contribution is 6.13. The first kappa shape index (κ1) is 28.4. The zero-order valence-corrected chi connectivity index (χ0v) is 25.2. The van der Waals surface area contributed by atoms with E-state index in [9.17, 15) is 4.79 Å². The number of carbonyl (C=O) groups excluding carboxylic acids is 1. The van der Waals surface area contributed by atoms with Crippen molar-refractivity contribution in [2.75, 3.05) is 43.4 Å². The highest BCUT2D eigenvalue weighted by Gasteiger charge is 2.23. The molecule has 1 saturated carbocycles. The number of hydrogen-bond donors (Lipinski definition) is 3. The summed E-state index contributed by atoms with van der Waals surface area (Å²) in [6, 6.07) is 15.3. The number of nitrogens with zero attached hydrogens (tertiary/aromatic N) is 4. The number of H-pyrrole nitrogens is 1. The molecular formula is C35H39N7O. The molecule has 1 amide bonds. The average Bonchev–Trinajstić information content (AvgIpc) is 3.77. The fraction of sp³-hybridized carbons (Fsp3) is 0.286. The highest BCUT2D eigenvalue weighted by atomic mass is 16.1. The number of hydrogen-bond acceptors (Lipinski definition) is 6. The molecule has 220 valence electrons. The molecule has 2 aliphatic rings. The third-order valence-electron chi connectivity index (χ3n) is 8.54. The quantitative estimate of drug-likeness (QED) is 0.179. The molecule has 1 aliphatic carbocycles. The van der Waals surface area contributed by atoms with Crippen LogP contribution < -0.4 is 16.0 Å². The zero-order valence-electron chi connectivity index (χ0n) is 25.2. The Morgan fingerprint density at radius 2 is 1.81 bits per heavy atom. The maximum Gasteiger partial charge on any atom is 0.247 e. The van der Waals surface area contributed by atoms with Gasteiger partial charge in [-0.05, 0) is 80.3 Å². The predicted octanol–water partition coefficient (Wildman–Crippen LogP) is 5.92. The number of benzene rings is 2. The fourth-order valence-corrected chi connectivity index (χ4v) is 5.72. The number of nitrogens with two attached hydrogens (primary N) is 1. The topological polar surface area (TPSA) is 103 Å². The summed E-state index contributed by atoms with van der Waals surface area (Å²) in [5.41, 5.74) is 16.7. The summed E-state index contributed by atoms with van der Waals surface area (Å²) in [6.07, 6.45) is 8.91. The van der Waals surface area contributed by atoms with Gasteiger partial charge < -0.3 is 25.8 Å². The van der Waals surface area contributed by atoms with Gasteiger partial charge in [-0.2, -0.15) is 0 Å². The number of aromatic amines is 1. The van der Waals surface area contributed by atoms with Gasteiger partial charge in [0.25, 0.3) is 0 Å². The number of likely N-dealkylation sites (N-methyl/N-ethyl adjacent to an activating group) is 1. The molecule has 1 aliphatic heterocycles. The largest absolute Gasteiger partial charge is 0.404 e. The van der Waals surface area contributed by atoms with Crippen molar-refractivity contribution in [1.29, 1.82) is 0 Å². The number of nitrogens with one attached hydrogen (secondary N) is 2. The lowest BCUT2D eigenvalue weighted by molar-refractivity contribution is -0.111. The van der Waals surface area contributed by atoms with Gasteiger partial charge in [0.2, 0.25) is 5.91 Å². The molecule has 8 nitrogen and oxygen atoms in total. The molecule has 0 bridgehead atoms. The number of aryl methyl sites for hydroxylation is 2. The van der Waals surface area contributed by atoms with E-state index in [1.165, 1.54) is 11.8 Å². The summed E-state index contributed by atoms with van der Waals surface area (Å²) < 4.78 is 0. The van der Waals surface area contributed by atoms with Gasteiger partial charge in [0, 0.05) is 78.3 Å². The standard InChI is InChI=1S/C35H39N7O/c1-5-31(43)39-30-18-25(7-6-22(30)2)33-32-23(3)29(26(19-36)20-37-27-10-11-27)21-38-35(32)40-34(33)24-8-12-28(13-9-24)42-16-14-41(4)15-17-42/h5-9,12-13,18-21,27H,1,10-11,14-17,36H2,2-4H3,(H,38,40)(H,39,43)/b26-19+,37-20?. The van der Waals surface area contributed by atoms with E-state index in [0.29, 0.717) is 6.04 Å². The third kappa shape index (κ3) is 5.83. The molecule has 4 N–H and O–H groups in total. The number of fused-ring (bicyclic) bond motifs is 1. The van der Waals surface area contributed by atoms with Crippen LogP contribution in [0.5, 0.6) is 0 Å². The summed E-state index contributed by atoms with van der Waals surface area (Å²) in [5, 5.41) is 3.98. The predicted molar refractivity (Wildman–Crippen MR) is 179 cm³/mol. The summed E-state index contributed by atoms with van der Waals surface area (Å²) in [7, 11) is 2.17. The van der Waals surface area contributed by atoms with Gasteiger partial charge in [-0.25, -0.2) is 4.98 Å². The number of anilines is 2. The van der Waals surface area contributed by atoms with Crippen molar-refractivity contribution in [2.45, 2.75) is 32.7 Å². The van der Waals surface area contributed by atoms with E-state index in [0.717, 1.165) is 100 Å². The van der Waals surface area contributed by atoms with Crippen LogP contribution >= 0.6 is 0 Å². The first-order valence-corrected chi connectivity index (χ1v) is 14.9. The zero-order chi connectivity index (χ0) is 30.1. The lowest BCUT2D eigenvalue weighted by Gasteiger charge is -2.34. The fourth-order valence-electron chi connectivity index (χ4n) is 5.72. The highest BCUT2D eigenvalue weighted by Crippen LogP contribution is 2.42. The van der Waals surface area contributed by atoms with Gasteiger partial charge in [-0.1, -0.05) is 30.8 Å². The Morgan fingerprint density at radius 3 is 2.49 bits per heavy atom. The van der Waals surface area contributed by atoms with Crippen LogP contribution in [0.4, 0.5) is 11.4 Å². The number of allylic oxidation sites excluding steroid dienone is 1. The van der Waals surface area contributed by atoms with Crippen LogP contribution in [0.3, 0.4) is 0 Å². The number of rotatable bonds is 8. The van der Waals surface area contributed by atoms with Crippen LogP contribution in [0, 0.1) is 13.8 Å². The summed E-state index contributed by atoms with van der Waals surface area (Å²) in [5.74, 6) is -0.244. The van der Waals surface area contributed by atoms with E-state index in [1.807, 2.05) is 31.5 Å². The van der Waals surface area contributed by atoms with Crippen LogP contribution in [0.1, 0.15) is 29.5 Å². The van der Waals surface area contributed by atoms with E-state index in [2.05, 4.69) is 76.0 Å². The Labute approximate surface area is 253 Å².